The number of para-hydroxylation sites is 2. The zero-order chi connectivity index (χ0) is 19.5. The molecule has 140 valence electrons. The molecule has 0 aliphatic rings. The Kier molecular flexibility index (Phi) is 4.90. The first-order valence-corrected chi connectivity index (χ1v) is 9.47. The second-order valence-electron chi connectivity index (χ2n) is 6.06. The standard InChI is InChI=1S/C21H17N3O3S/c1-13-7-5-9-15(18(13)26-2)20(25)22-16-10-4-3-8-14(16)21-23-19(24-27-21)17-11-6-12-28-17/h3-12H,1-2H3,(H,22,25). The average Bonchev–Trinajstić information content (AvgIpc) is 3.40. The summed E-state index contributed by atoms with van der Waals surface area (Å²) in [5, 5.41) is 8.92. The number of carbonyl (C=O) groups is 1. The molecule has 2 aromatic carbocycles. The lowest BCUT2D eigenvalue weighted by atomic mass is 10.1. The summed E-state index contributed by atoms with van der Waals surface area (Å²) in [5.41, 5.74) is 2.58. The van der Waals surface area contributed by atoms with E-state index in [4.69, 9.17) is 9.26 Å². The van der Waals surface area contributed by atoms with Crippen LogP contribution in [0.5, 0.6) is 5.75 Å². The van der Waals surface area contributed by atoms with Crippen LogP contribution in [0, 0.1) is 6.92 Å². The molecule has 28 heavy (non-hydrogen) atoms. The molecule has 4 aromatic rings. The molecule has 0 fully saturated rings. The first kappa shape index (κ1) is 17.9. The van der Waals surface area contributed by atoms with Gasteiger partial charge in [0, 0.05) is 0 Å². The van der Waals surface area contributed by atoms with Crippen LogP contribution in [-0.4, -0.2) is 23.2 Å². The van der Waals surface area contributed by atoms with Crippen molar-refractivity contribution in [3.63, 3.8) is 0 Å². The number of carbonyl (C=O) groups excluding carboxylic acids is 1. The van der Waals surface area contributed by atoms with Crippen LogP contribution in [-0.2, 0) is 0 Å². The van der Waals surface area contributed by atoms with E-state index in [-0.39, 0.29) is 5.91 Å². The van der Waals surface area contributed by atoms with Gasteiger partial charge >= 0.3 is 0 Å². The second kappa shape index (κ2) is 7.66. The van der Waals surface area contributed by atoms with Crippen molar-refractivity contribution in [3.8, 4) is 27.9 Å². The maximum Gasteiger partial charge on any atom is 0.260 e. The molecule has 0 saturated heterocycles. The topological polar surface area (TPSA) is 77.2 Å². The fraction of sp³-hybridized carbons (Fsp3) is 0.0952. The van der Waals surface area contributed by atoms with Gasteiger partial charge in [-0.1, -0.05) is 35.5 Å². The predicted octanol–water partition coefficient (Wildman–Crippen LogP) is 5.03. The molecule has 0 bridgehead atoms. The van der Waals surface area contributed by atoms with E-state index in [0.29, 0.717) is 34.3 Å². The quantitative estimate of drug-likeness (QED) is 0.516. The normalized spacial score (nSPS) is 10.6. The molecule has 2 heterocycles. The number of hydrogen-bond donors (Lipinski definition) is 1. The smallest absolute Gasteiger partial charge is 0.260 e. The number of rotatable bonds is 5. The summed E-state index contributed by atoms with van der Waals surface area (Å²) in [4.78, 5) is 18.3. The minimum absolute atomic E-state index is 0.272. The number of hydrogen-bond acceptors (Lipinski definition) is 6. The van der Waals surface area contributed by atoms with E-state index < -0.39 is 0 Å². The van der Waals surface area contributed by atoms with Crippen molar-refractivity contribution in [1.82, 2.24) is 10.1 Å². The summed E-state index contributed by atoms with van der Waals surface area (Å²) in [6.45, 7) is 1.90. The van der Waals surface area contributed by atoms with Gasteiger partial charge < -0.3 is 14.6 Å². The van der Waals surface area contributed by atoms with Crippen molar-refractivity contribution < 1.29 is 14.1 Å². The molecule has 0 atom stereocenters. The van der Waals surface area contributed by atoms with Crippen LogP contribution < -0.4 is 10.1 Å². The van der Waals surface area contributed by atoms with E-state index >= 15 is 0 Å². The molecule has 4 rings (SSSR count). The summed E-state index contributed by atoms with van der Waals surface area (Å²) in [5.74, 6) is 1.14. The fourth-order valence-corrected chi connectivity index (χ4v) is 3.56. The highest BCUT2D eigenvalue weighted by Crippen LogP contribution is 2.31. The Morgan fingerprint density at radius 1 is 1.11 bits per heavy atom. The summed E-state index contributed by atoms with van der Waals surface area (Å²) < 4.78 is 10.8. The van der Waals surface area contributed by atoms with E-state index in [1.165, 1.54) is 11.3 Å². The fourth-order valence-electron chi connectivity index (χ4n) is 2.91. The third-order valence-corrected chi connectivity index (χ3v) is 5.10. The maximum atomic E-state index is 12.9. The Morgan fingerprint density at radius 2 is 1.96 bits per heavy atom. The number of nitrogens with zero attached hydrogens (tertiary/aromatic N) is 2. The van der Waals surface area contributed by atoms with Crippen LogP contribution in [0.4, 0.5) is 5.69 Å². The van der Waals surface area contributed by atoms with Gasteiger partial charge in [0.1, 0.15) is 5.75 Å². The van der Waals surface area contributed by atoms with Crippen LogP contribution in [0.1, 0.15) is 15.9 Å². The highest BCUT2D eigenvalue weighted by Gasteiger charge is 2.18. The number of amides is 1. The Morgan fingerprint density at radius 3 is 2.75 bits per heavy atom. The van der Waals surface area contributed by atoms with E-state index in [2.05, 4.69) is 15.5 Å². The van der Waals surface area contributed by atoms with Gasteiger partial charge in [0.15, 0.2) is 0 Å². The Bertz CT molecular complexity index is 1120. The lowest BCUT2D eigenvalue weighted by Crippen LogP contribution is -2.14. The van der Waals surface area contributed by atoms with Gasteiger partial charge in [0.05, 0.1) is 28.8 Å². The molecule has 0 aliphatic carbocycles. The number of aromatic nitrogens is 2. The lowest BCUT2D eigenvalue weighted by Gasteiger charge is -2.12. The number of benzene rings is 2. The summed E-state index contributed by atoms with van der Waals surface area (Å²) in [7, 11) is 1.55. The minimum atomic E-state index is -0.272. The van der Waals surface area contributed by atoms with Gasteiger partial charge in [0.25, 0.3) is 11.8 Å². The van der Waals surface area contributed by atoms with Crippen molar-refractivity contribution in [2.24, 2.45) is 0 Å². The molecule has 1 amide bonds. The predicted molar refractivity (Wildman–Crippen MR) is 109 cm³/mol. The van der Waals surface area contributed by atoms with Crippen LogP contribution in [0.3, 0.4) is 0 Å². The summed E-state index contributed by atoms with van der Waals surface area (Å²) in [6, 6.07) is 16.6. The van der Waals surface area contributed by atoms with Crippen LogP contribution >= 0.6 is 11.3 Å². The largest absolute Gasteiger partial charge is 0.496 e. The SMILES string of the molecule is COc1c(C)cccc1C(=O)Nc1ccccc1-c1nc(-c2cccs2)no1. The van der Waals surface area contributed by atoms with Gasteiger partial charge in [-0.3, -0.25) is 4.79 Å². The van der Waals surface area contributed by atoms with Gasteiger partial charge in [-0.15, -0.1) is 11.3 Å². The summed E-state index contributed by atoms with van der Waals surface area (Å²) in [6.07, 6.45) is 0. The molecule has 0 radical (unpaired) electrons. The van der Waals surface area contributed by atoms with Crippen LogP contribution in [0.2, 0.25) is 0 Å². The number of nitrogens with one attached hydrogen (secondary N) is 1. The first-order chi connectivity index (χ1) is 13.7. The van der Waals surface area contributed by atoms with Crippen molar-refractivity contribution in [2.75, 3.05) is 12.4 Å². The molecule has 1 N–H and O–H groups in total. The Labute approximate surface area is 165 Å². The van der Waals surface area contributed by atoms with Gasteiger partial charge in [-0.05, 0) is 42.1 Å². The zero-order valence-corrected chi connectivity index (χ0v) is 16.1. The van der Waals surface area contributed by atoms with E-state index in [9.17, 15) is 4.79 Å². The number of aryl methyl sites for hydroxylation is 1. The van der Waals surface area contributed by atoms with Crippen LogP contribution in [0.15, 0.2) is 64.5 Å². The molecular weight excluding hydrogens is 374 g/mol. The Balaban J connectivity index is 1.66. The third-order valence-electron chi connectivity index (χ3n) is 4.23. The molecule has 0 unspecified atom stereocenters. The number of ether oxygens (including phenoxy) is 1. The molecular formula is C21H17N3O3S. The number of anilines is 1. The van der Waals surface area contributed by atoms with Crippen molar-refractivity contribution in [1.29, 1.82) is 0 Å². The molecule has 7 heteroatoms. The van der Waals surface area contributed by atoms with Gasteiger partial charge in [0.2, 0.25) is 5.82 Å². The zero-order valence-electron chi connectivity index (χ0n) is 15.3. The van der Waals surface area contributed by atoms with Crippen molar-refractivity contribution in [2.45, 2.75) is 6.92 Å². The highest BCUT2D eigenvalue weighted by atomic mass is 32.1. The second-order valence-corrected chi connectivity index (χ2v) is 7.00. The van der Waals surface area contributed by atoms with Crippen molar-refractivity contribution in [3.05, 3.63) is 71.1 Å². The van der Waals surface area contributed by atoms with Gasteiger partial charge in [-0.25, -0.2) is 0 Å². The van der Waals surface area contributed by atoms with Crippen molar-refractivity contribution >= 4 is 22.9 Å². The molecule has 0 aliphatic heterocycles. The summed E-state index contributed by atoms with van der Waals surface area (Å²) >= 11 is 1.53. The Hall–Kier alpha value is -3.45. The maximum absolute atomic E-state index is 12.9. The van der Waals surface area contributed by atoms with E-state index in [1.54, 1.807) is 19.2 Å². The first-order valence-electron chi connectivity index (χ1n) is 8.59. The molecule has 0 saturated carbocycles. The monoisotopic (exact) mass is 391 g/mol. The van der Waals surface area contributed by atoms with Crippen LogP contribution in [0.25, 0.3) is 22.2 Å². The number of methoxy groups -OCH3 is 1. The molecule has 2 aromatic heterocycles. The lowest BCUT2D eigenvalue weighted by molar-refractivity contribution is 0.102. The average molecular weight is 391 g/mol. The van der Waals surface area contributed by atoms with Gasteiger partial charge in [-0.2, -0.15) is 4.98 Å². The van der Waals surface area contributed by atoms with E-state index in [1.807, 2.05) is 54.8 Å². The number of thiophene rings is 1. The molecule has 0 spiro atoms. The minimum Gasteiger partial charge on any atom is -0.496 e. The van der Waals surface area contributed by atoms with E-state index in [0.717, 1.165) is 10.4 Å². The third kappa shape index (κ3) is 3.39. The highest BCUT2D eigenvalue weighted by molar-refractivity contribution is 7.13. The molecule has 6 nitrogen and oxygen atoms in total.